The van der Waals surface area contributed by atoms with Gasteiger partial charge < -0.3 is 27.8 Å². The van der Waals surface area contributed by atoms with E-state index in [2.05, 4.69) is 15.2 Å². The van der Waals surface area contributed by atoms with E-state index < -0.39 is 0 Å². The Balaban J connectivity index is 1.97. The summed E-state index contributed by atoms with van der Waals surface area (Å²) in [6.07, 6.45) is 2.04. The predicted molar refractivity (Wildman–Crippen MR) is 95.7 cm³/mol. The number of aryl methyl sites for hydroxylation is 1. The molecule has 0 bridgehead atoms. The number of nitrogens with two attached hydrogens (primary N) is 4. The first-order chi connectivity index (χ1) is 11.5. The Morgan fingerprint density at radius 1 is 1.38 bits per heavy atom. The Labute approximate surface area is 140 Å². The third-order valence-corrected chi connectivity index (χ3v) is 4.45. The van der Waals surface area contributed by atoms with Crippen molar-refractivity contribution in [2.45, 2.75) is 25.8 Å². The number of aromatic amines is 1. The molecule has 1 aromatic heterocycles. The highest BCUT2D eigenvalue weighted by molar-refractivity contribution is 6.01. The van der Waals surface area contributed by atoms with Gasteiger partial charge in [-0.1, -0.05) is 0 Å². The molecule has 0 saturated carbocycles. The van der Waals surface area contributed by atoms with Crippen molar-refractivity contribution >= 4 is 16.7 Å². The van der Waals surface area contributed by atoms with E-state index in [1.165, 1.54) is 0 Å². The molecular weight excluding hydrogens is 304 g/mol. The fraction of sp³-hybridized carbons (Fsp3) is 0.375. The quantitative estimate of drug-likeness (QED) is 0.395. The van der Waals surface area contributed by atoms with Gasteiger partial charge in [0, 0.05) is 35.8 Å². The maximum absolute atomic E-state index is 6.21. The van der Waals surface area contributed by atoms with Gasteiger partial charge in [0.1, 0.15) is 11.7 Å². The van der Waals surface area contributed by atoms with Gasteiger partial charge in [-0.25, -0.2) is 4.99 Å². The van der Waals surface area contributed by atoms with Gasteiger partial charge in [0.05, 0.1) is 5.52 Å². The Morgan fingerprint density at radius 3 is 2.88 bits per heavy atom. The summed E-state index contributed by atoms with van der Waals surface area (Å²) in [7, 11) is 0. The maximum atomic E-state index is 6.21. The topological polar surface area (TPSA) is 148 Å². The zero-order valence-electron chi connectivity index (χ0n) is 13.8. The summed E-state index contributed by atoms with van der Waals surface area (Å²) in [6, 6.07) is 5.94. The molecule has 8 heteroatoms. The number of amidine groups is 1. The molecule has 1 unspecified atom stereocenters. The van der Waals surface area contributed by atoms with Crippen molar-refractivity contribution in [3.63, 3.8) is 0 Å². The SMILES string of the molecule is Cc1[nH]nc2ccc(/C(N)=N/C(=C(N)N)N3CCCC3CN)cc12. The standard InChI is InChI=1S/C16H24N8/c1-9-12-7-10(4-5-13(12)23-22-9)15(20)21-16(14(18)19)24-6-2-3-11(24)8-17/h4-5,7,11H,2-3,6,8,17-19H2,1H3,(H2,20,21)(H,22,23). The number of likely N-dealkylation sites (tertiary alicyclic amines) is 1. The summed E-state index contributed by atoms with van der Waals surface area (Å²) in [5.74, 6) is 1.02. The molecular formula is C16H24N8. The third kappa shape index (κ3) is 2.88. The van der Waals surface area contributed by atoms with Gasteiger partial charge in [-0.2, -0.15) is 5.10 Å². The van der Waals surface area contributed by atoms with Crippen LogP contribution >= 0.6 is 0 Å². The van der Waals surface area contributed by atoms with E-state index in [0.29, 0.717) is 18.2 Å². The molecule has 1 aromatic carbocycles. The molecule has 24 heavy (non-hydrogen) atoms. The Hall–Kier alpha value is -2.74. The second kappa shape index (κ2) is 6.40. The van der Waals surface area contributed by atoms with E-state index in [1.54, 1.807) is 0 Å². The van der Waals surface area contributed by atoms with E-state index in [-0.39, 0.29) is 11.9 Å². The normalized spacial score (nSPS) is 18.3. The van der Waals surface area contributed by atoms with Gasteiger partial charge in [-0.15, -0.1) is 0 Å². The number of aliphatic imine (C=N–C) groups is 1. The lowest BCUT2D eigenvalue weighted by atomic mass is 10.1. The lowest BCUT2D eigenvalue weighted by Crippen LogP contribution is -2.37. The molecule has 9 N–H and O–H groups in total. The minimum Gasteiger partial charge on any atom is -0.383 e. The first kappa shape index (κ1) is 16.1. The fourth-order valence-electron chi connectivity index (χ4n) is 3.13. The number of hydrogen-bond acceptors (Lipinski definition) is 6. The van der Waals surface area contributed by atoms with Crippen LogP contribution in [0.4, 0.5) is 0 Å². The summed E-state index contributed by atoms with van der Waals surface area (Å²) in [4.78, 5) is 6.56. The van der Waals surface area contributed by atoms with E-state index in [1.807, 2.05) is 30.0 Å². The zero-order chi connectivity index (χ0) is 17.3. The summed E-state index contributed by atoms with van der Waals surface area (Å²) in [5, 5.41) is 8.18. The summed E-state index contributed by atoms with van der Waals surface area (Å²) >= 11 is 0. The smallest absolute Gasteiger partial charge is 0.171 e. The maximum Gasteiger partial charge on any atom is 0.171 e. The molecule has 8 nitrogen and oxygen atoms in total. The molecule has 1 aliphatic heterocycles. The van der Waals surface area contributed by atoms with Crippen LogP contribution in [0.5, 0.6) is 0 Å². The molecule has 1 atom stereocenters. The van der Waals surface area contributed by atoms with Crippen LogP contribution in [-0.4, -0.2) is 40.1 Å². The first-order valence-electron chi connectivity index (χ1n) is 8.02. The van der Waals surface area contributed by atoms with Gasteiger partial charge in [0.2, 0.25) is 0 Å². The number of aromatic nitrogens is 2. The molecule has 1 fully saturated rings. The van der Waals surface area contributed by atoms with Crippen LogP contribution in [0.15, 0.2) is 34.8 Å². The number of nitrogens with zero attached hydrogens (tertiary/aromatic N) is 3. The van der Waals surface area contributed by atoms with E-state index in [0.717, 1.165) is 41.5 Å². The van der Waals surface area contributed by atoms with Crippen LogP contribution in [0, 0.1) is 6.92 Å². The molecule has 128 valence electrons. The minimum absolute atomic E-state index is 0.152. The lowest BCUT2D eigenvalue weighted by molar-refractivity contribution is 0.319. The molecule has 0 radical (unpaired) electrons. The molecule has 1 aliphatic rings. The second-order valence-corrected chi connectivity index (χ2v) is 6.08. The van der Waals surface area contributed by atoms with Crippen LogP contribution in [0.25, 0.3) is 10.9 Å². The van der Waals surface area contributed by atoms with Gasteiger partial charge in [-0.05, 0) is 38.0 Å². The molecule has 0 aliphatic carbocycles. The van der Waals surface area contributed by atoms with Crippen molar-refractivity contribution in [3.05, 3.63) is 41.1 Å². The average Bonchev–Trinajstić information content (AvgIpc) is 3.18. The molecule has 1 saturated heterocycles. The van der Waals surface area contributed by atoms with Crippen molar-refractivity contribution in [3.8, 4) is 0 Å². The lowest BCUT2D eigenvalue weighted by Gasteiger charge is -2.26. The Bertz CT molecular complexity index is 800. The van der Waals surface area contributed by atoms with Gasteiger partial charge in [-0.3, -0.25) is 5.10 Å². The molecule has 0 spiro atoms. The van der Waals surface area contributed by atoms with Gasteiger partial charge in [0.25, 0.3) is 0 Å². The highest BCUT2D eigenvalue weighted by Crippen LogP contribution is 2.23. The van der Waals surface area contributed by atoms with Crippen molar-refractivity contribution in [2.75, 3.05) is 13.1 Å². The average molecular weight is 328 g/mol. The summed E-state index contributed by atoms with van der Waals surface area (Å²) < 4.78 is 0. The van der Waals surface area contributed by atoms with Crippen LogP contribution in [-0.2, 0) is 0 Å². The zero-order valence-corrected chi connectivity index (χ0v) is 13.8. The van der Waals surface area contributed by atoms with E-state index in [9.17, 15) is 0 Å². The van der Waals surface area contributed by atoms with Crippen LogP contribution < -0.4 is 22.9 Å². The van der Waals surface area contributed by atoms with Crippen LogP contribution in [0.3, 0.4) is 0 Å². The Kier molecular flexibility index (Phi) is 4.30. The number of rotatable bonds is 4. The van der Waals surface area contributed by atoms with Gasteiger partial charge >= 0.3 is 0 Å². The van der Waals surface area contributed by atoms with Crippen molar-refractivity contribution in [2.24, 2.45) is 27.9 Å². The monoisotopic (exact) mass is 328 g/mol. The summed E-state index contributed by atoms with van der Waals surface area (Å²) in [5.41, 5.74) is 26.4. The number of fused-ring (bicyclic) bond motifs is 1. The highest BCUT2D eigenvalue weighted by atomic mass is 15.3. The van der Waals surface area contributed by atoms with Crippen molar-refractivity contribution < 1.29 is 0 Å². The predicted octanol–water partition coefficient (Wildman–Crippen LogP) is 0.0437. The second-order valence-electron chi connectivity index (χ2n) is 6.08. The molecule has 2 heterocycles. The minimum atomic E-state index is 0.152. The van der Waals surface area contributed by atoms with Crippen LogP contribution in [0.1, 0.15) is 24.1 Å². The number of benzene rings is 1. The Morgan fingerprint density at radius 2 is 2.17 bits per heavy atom. The molecule has 0 amide bonds. The number of hydrogen-bond donors (Lipinski definition) is 5. The van der Waals surface area contributed by atoms with Gasteiger partial charge in [0.15, 0.2) is 5.82 Å². The van der Waals surface area contributed by atoms with Crippen molar-refractivity contribution in [1.82, 2.24) is 15.1 Å². The molecule has 3 rings (SSSR count). The third-order valence-electron chi connectivity index (χ3n) is 4.45. The van der Waals surface area contributed by atoms with Crippen molar-refractivity contribution in [1.29, 1.82) is 0 Å². The first-order valence-corrected chi connectivity index (χ1v) is 8.02. The summed E-state index contributed by atoms with van der Waals surface area (Å²) in [6.45, 7) is 3.32. The van der Waals surface area contributed by atoms with E-state index >= 15 is 0 Å². The number of H-pyrrole nitrogens is 1. The van der Waals surface area contributed by atoms with Crippen LogP contribution in [0.2, 0.25) is 0 Å². The fourth-order valence-corrected chi connectivity index (χ4v) is 3.13. The number of nitrogens with one attached hydrogen (secondary N) is 1. The molecule has 2 aromatic rings. The largest absolute Gasteiger partial charge is 0.383 e. The van der Waals surface area contributed by atoms with E-state index in [4.69, 9.17) is 22.9 Å². The highest BCUT2D eigenvalue weighted by Gasteiger charge is 2.26.